The number of anilines is 1. The number of carbonyl (C=O) groups excluding carboxylic acids is 2. The van der Waals surface area contributed by atoms with E-state index in [1.54, 1.807) is 6.07 Å². The van der Waals surface area contributed by atoms with Gasteiger partial charge < -0.3 is 15.7 Å². The lowest BCUT2D eigenvalue weighted by Gasteiger charge is -2.15. The molecule has 2 rings (SSSR count). The van der Waals surface area contributed by atoms with E-state index in [-0.39, 0.29) is 12.5 Å². The van der Waals surface area contributed by atoms with E-state index in [9.17, 15) is 9.59 Å². The Labute approximate surface area is 142 Å². The summed E-state index contributed by atoms with van der Waals surface area (Å²) >= 11 is 0. The third-order valence-corrected chi connectivity index (χ3v) is 4.03. The molecule has 0 radical (unpaired) electrons. The molecule has 0 aliphatic heterocycles. The highest BCUT2D eigenvalue weighted by Gasteiger charge is 2.16. The van der Waals surface area contributed by atoms with Gasteiger partial charge in [-0.15, -0.1) is 0 Å². The fourth-order valence-electron chi connectivity index (χ4n) is 2.77. The van der Waals surface area contributed by atoms with E-state index in [0.29, 0.717) is 18.7 Å². The maximum absolute atomic E-state index is 12.1. The van der Waals surface area contributed by atoms with Crippen LogP contribution in [-0.4, -0.2) is 30.1 Å². The number of nitrogens with one attached hydrogen (secondary N) is 2. The Bertz CT molecular complexity index is 689. The van der Waals surface area contributed by atoms with Gasteiger partial charge in [-0.05, 0) is 30.2 Å². The predicted molar refractivity (Wildman–Crippen MR) is 95.7 cm³/mol. The van der Waals surface area contributed by atoms with Crippen LogP contribution in [0.3, 0.4) is 0 Å². The number of hydrogen-bond donors (Lipinski definition) is 3. The zero-order chi connectivity index (χ0) is 17.4. The SMILES string of the molecule is CCCC(CCO)CNC(=O)C(=O)Nc1cccc2ccccc12. The molecule has 0 fully saturated rings. The van der Waals surface area contributed by atoms with E-state index in [0.717, 1.165) is 23.6 Å². The fraction of sp³-hybridized carbons (Fsp3) is 0.368. The number of rotatable bonds is 7. The number of carbonyl (C=O) groups is 2. The molecule has 3 N–H and O–H groups in total. The summed E-state index contributed by atoms with van der Waals surface area (Å²) in [6, 6.07) is 13.2. The lowest BCUT2D eigenvalue weighted by Crippen LogP contribution is -2.38. The zero-order valence-corrected chi connectivity index (χ0v) is 13.9. The van der Waals surface area contributed by atoms with Gasteiger partial charge in [0.15, 0.2) is 0 Å². The molecule has 5 heteroatoms. The van der Waals surface area contributed by atoms with Gasteiger partial charge in [-0.3, -0.25) is 9.59 Å². The van der Waals surface area contributed by atoms with E-state index >= 15 is 0 Å². The van der Waals surface area contributed by atoms with Gasteiger partial charge in [0.25, 0.3) is 0 Å². The summed E-state index contributed by atoms with van der Waals surface area (Å²) in [5.74, 6) is -1.14. The summed E-state index contributed by atoms with van der Waals surface area (Å²) in [4.78, 5) is 24.1. The van der Waals surface area contributed by atoms with E-state index < -0.39 is 11.8 Å². The minimum Gasteiger partial charge on any atom is -0.396 e. The lowest BCUT2D eigenvalue weighted by atomic mass is 10.0. The third-order valence-electron chi connectivity index (χ3n) is 4.03. The standard InChI is InChI=1S/C19H24N2O3/c1-2-6-14(11-12-22)13-20-18(23)19(24)21-17-10-5-8-15-7-3-4-9-16(15)17/h3-5,7-10,14,22H,2,6,11-13H2,1H3,(H,20,23)(H,21,24). The smallest absolute Gasteiger partial charge is 0.313 e. The molecule has 0 heterocycles. The molecule has 1 atom stereocenters. The highest BCUT2D eigenvalue weighted by atomic mass is 16.3. The fourth-order valence-corrected chi connectivity index (χ4v) is 2.77. The second-order valence-electron chi connectivity index (χ2n) is 5.86. The second-order valence-corrected chi connectivity index (χ2v) is 5.86. The summed E-state index contributed by atoms with van der Waals surface area (Å²) in [7, 11) is 0. The van der Waals surface area contributed by atoms with Crippen LogP contribution in [0.2, 0.25) is 0 Å². The number of aliphatic hydroxyl groups excluding tert-OH is 1. The molecule has 0 aliphatic carbocycles. The maximum Gasteiger partial charge on any atom is 0.313 e. The van der Waals surface area contributed by atoms with Crippen molar-refractivity contribution in [2.24, 2.45) is 5.92 Å². The van der Waals surface area contributed by atoms with Crippen LogP contribution in [0.15, 0.2) is 42.5 Å². The molecule has 2 aromatic carbocycles. The van der Waals surface area contributed by atoms with Crippen LogP contribution in [-0.2, 0) is 9.59 Å². The van der Waals surface area contributed by atoms with E-state index in [2.05, 4.69) is 17.6 Å². The molecule has 0 spiro atoms. The summed E-state index contributed by atoms with van der Waals surface area (Å²) in [6.45, 7) is 2.54. The highest BCUT2D eigenvalue weighted by Crippen LogP contribution is 2.22. The van der Waals surface area contributed by atoms with Crippen LogP contribution in [0.5, 0.6) is 0 Å². The second kappa shape index (κ2) is 9.03. The minimum atomic E-state index is -0.675. The van der Waals surface area contributed by atoms with Crippen molar-refractivity contribution in [2.75, 3.05) is 18.5 Å². The number of benzene rings is 2. The normalized spacial score (nSPS) is 11.9. The van der Waals surface area contributed by atoms with Crippen LogP contribution in [0.4, 0.5) is 5.69 Å². The Morgan fingerprint density at radius 3 is 2.54 bits per heavy atom. The van der Waals surface area contributed by atoms with Crippen LogP contribution < -0.4 is 10.6 Å². The van der Waals surface area contributed by atoms with Gasteiger partial charge in [0.2, 0.25) is 0 Å². The zero-order valence-electron chi connectivity index (χ0n) is 13.9. The largest absolute Gasteiger partial charge is 0.396 e. The Morgan fingerprint density at radius 2 is 1.79 bits per heavy atom. The molecule has 0 saturated carbocycles. The van der Waals surface area contributed by atoms with Crippen molar-refractivity contribution < 1.29 is 14.7 Å². The van der Waals surface area contributed by atoms with Crippen molar-refractivity contribution in [3.63, 3.8) is 0 Å². The lowest BCUT2D eigenvalue weighted by molar-refractivity contribution is -0.136. The Hall–Kier alpha value is -2.40. The summed E-state index contributed by atoms with van der Waals surface area (Å²) in [5, 5.41) is 16.3. The van der Waals surface area contributed by atoms with Crippen molar-refractivity contribution in [3.05, 3.63) is 42.5 Å². The summed E-state index contributed by atoms with van der Waals surface area (Å²) in [6.07, 6.45) is 2.51. The van der Waals surface area contributed by atoms with Gasteiger partial charge in [0, 0.05) is 24.2 Å². The van der Waals surface area contributed by atoms with E-state index in [1.807, 2.05) is 36.4 Å². The predicted octanol–water partition coefficient (Wildman–Crippen LogP) is 2.69. The quantitative estimate of drug-likeness (QED) is 0.684. The molecule has 1 unspecified atom stereocenters. The van der Waals surface area contributed by atoms with Gasteiger partial charge in [0.05, 0.1) is 0 Å². The topological polar surface area (TPSA) is 78.4 Å². The number of hydrogen-bond acceptors (Lipinski definition) is 3. The highest BCUT2D eigenvalue weighted by molar-refractivity contribution is 6.40. The minimum absolute atomic E-state index is 0.0860. The number of fused-ring (bicyclic) bond motifs is 1. The van der Waals surface area contributed by atoms with Crippen LogP contribution in [0.1, 0.15) is 26.2 Å². The first-order chi connectivity index (χ1) is 11.7. The first kappa shape index (κ1) is 17.9. The van der Waals surface area contributed by atoms with Crippen molar-refractivity contribution in [1.29, 1.82) is 0 Å². The average Bonchev–Trinajstić information content (AvgIpc) is 2.60. The van der Waals surface area contributed by atoms with Gasteiger partial charge in [-0.2, -0.15) is 0 Å². The van der Waals surface area contributed by atoms with Gasteiger partial charge in [0.1, 0.15) is 0 Å². The van der Waals surface area contributed by atoms with Crippen LogP contribution >= 0.6 is 0 Å². The van der Waals surface area contributed by atoms with Crippen molar-refractivity contribution in [3.8, 4) is 0 Å². The Kier molecular flexibility index (Phi) is 6.75. The molecule has 0 saturated heterocycles. The maximum atomic E-state index is 12.1. The Morgan fingerprint density at radius 1 is 1.04 bits per heavy atom. The molecule has 2 amide bonds. The molecule has 0 aliphatic rings. The molecule has 24 heavy (non-hydrogen) atoms. The molecule has 128 valence electrons. The Balaban J connectivity index is 1.97. The first-order valence-corrected chi connectivity index (χ1v) is 8.33. The molecule has 0 aromatic heterocycles. The van der Waals surface area contributed by atoms with Gasteiger partial charge in [-0.1, -0.05) is 49.7 Å². The number of amides is 2. The van der Waals surface area contributed by atoms with Crippen molar-refractivity contribution >= 4 is 28.3 Å². The van der Waals surface area contributed by atoms with Crippen LogP contribution in [0.25, 0.3) is 10.8 Å². The van der Waals surface area contributed by atoms with Gasteiger partial charge >= 0.3 is 11.8 Å². The van der Waals surface area contributed by atoms with E-state index in [1.165, 1.54) is 0 Å². The van der Waals surface area contributed by atoms with Crippen molar-refractivity contribution in [1.82, 2.24) is 5.32 Å². The third kappa shape index (κ3) is 4.80. The molecule has 2 aromatic rings. The molecule has 0 bridgehead atoms. The van der Waals surface area contributed by atoms with Gasteiger partial charge in [-0.25, -0.2) is 0 Å². The first-order valence-electron chi connectivity index (χ1n) is 8.33. The van der Waals surface area contributed by atoms with Crippen LogP contribution in [0, 0.1) is 5.92 Å². The number of aliphatic hydroxyl groups is 1. The molecular formula is C19H24N2O3. The summed E-state index contributed by atoms with van der Waals surface area (Å²) in [5.41, 5.74) is 0.619. The van der Waals surface area contributed by atoms with Crippen molar-refractivity contribution in [2.45, 2.75) is 26.2 Å². The van der Waals surface area contributed by atoms with E-state index in [4.69, 9.17) is 5.11 Å². The molecular weight excluding hydrogens is 304 g/mol. The monoisotopic (exact) mass is 328 g/mol. The summed E-state index contributed by atoms with van der Waals surface area (Å²) < 4.78 is 0. The average molecular weight is 328 g/mol. The molecule has 5 nitrogen and oxygen atoms in total.